The molecule has 3 aromatic rings. The molecule has 0 aliphatic heterocycles. The van der Waals surface area contributed by atoms with E-state index in [-0.39, 0.29) is 17.4 Å². The summed E-state index contributed by atoms with van der Waals surface area (Å²) in [5.74, 6) is 0.440. The SMILES string of the molecule is COc1c(O)ccc(NC(=O)c2ccccc2)c1-c1ccco1. The van der Waals surface area contributed by atoms with Crippen molar-refractivity contribution in [3.05, 3.63) is 66.4 Å². The molecule has 0 atom stereocenters. The summed E-state index contributed by atoms with van der Waals surface area (Å²) in [5.41, 5.74) is 1.51. The van der Waals surface area contributed by atoms with E-state index in [1.807, 2.05) is 6.07 Å². The van der Waals surface area contributed by atoms with Gasteiger partial charge in [0, 0.05) is 5.56 Å². The summed E-state index contributed by atoms with van der Waals surface area (Å²) in [6.07, 6.45) is 1.52. The highest BCUT2D eigenvalue weighted by Crippen LogP contribution is 2.43. The number of hydrogen-bond acceptors (Lipinski definition) is 4. The van der Waals surface area contributed by atoms with E-state index in [0.29, 0.717) is 22.6 Å². The van der Waals surface area contributed by atoms with Crippen LogP contribution in [-0.2, 0) is 0 Å². The van der Waals surface area contributed by atoms with E-state index < -0.39 is 0 Å². The molecule has 116 valence electrons. The van der Waals surface area contributed by atoms with Crippen LogP contribution in [0.5, 0.6) is 11.5 Å². The predicted octanol–water partition coefficient (Wildman–Crippen LogP) is 3.91. The van der Waals surface area contributed by atoms with Crippen LogP contribution in [0, 0.1) is 0 Å². The summed E-state index contributed by atoms with van der Waals surface area (Å²) < 4.78 is 10.7. The van der Waals surface area contributed by atoms with E-state index >= 15 is 0 Å². The maximum atomic E-state index is 12.4. The van der Waals surface area contributed by atoms with Crippen molar-refractivity contribution in [3.63, 3.8) is 0 Å². The molecule has 0 unspecified atom stereocenters. The number of phenols is 1. The van der Waals surface area contributed by atoms with E-state index in [1.165, 1.54) is 19.4 Å². The number of nitrogens with one attached hydrogen (secondary N) is 1. The van der Waals surface area contributed by atoms with Gasteiger partial charge in [0.1, 0.15) is 5.76 Å². The molecule has 1 amide bonds. The van der Waals surface area contributed by atoms with Crippen LogP contribution in [0.4, 0.5) is 5.69 Å². The van der Waals surface area contributed by atoms with Crippen molar-refractivity contribution in [1.82, 2.24) is 0 Å². The summed E-state index contributed by atoms with van der Waals surface area (Å²) in [6, 6.07) is 15.4. The van der Waals surface area contributed by atoms with E-state index in [0.717, 1.165) is 0 Å². The van der Waals surface area contributed by atoms with Crippen LogP contribution in [0.15, 0.2) is 65.3 Å². The van der Waals surface area contributed by atoms with Gasteiger partial charge in [-0.1, -0.05) is 18.2 Å². The highest BCUT2D eigenvalue weighted by Gasteiger charge is 2.19. The van der Waals surface area contributed by atoms with Gasteiger partial charge in [0.2, 0.25) is 0 Å². The Labute approximate surface area is 133 Å². The van der Waals surface area contributed by atoms with Crippen molar-refractivity contribution in [2.45, 2.75) is 0 Å². The van der Waals surface area contributed by atoms with Crippen LogP contribution in [0.2, 0.25) is 0 Å². The smallest absolute Gasteiger partial charge is 0.255 e. The number of methoxy groups -OCH3 is 1. The second-order valence-corrected chi connectivity index (χ2v) is 4.84. The van der Waals surface area contributed by atoms with Crippen LogP contribution in [0.1, 0.15) is 10.4 Å². The number of phenolic OH excluding ortho intramolecular Hbond substituents is 1. The molecule has 5 nitrogen and oxygen atoms in total. The van der Waals surface area contributed by atoms with Gasteiger partial charge in [0.15, 0.2) is 11.5 Å². The molecule has 3 rings (SSSR count). The fourth-order valence-corrected chi connectivity index (χ4v) is 2.33. The minimum atomic E-state index is -0.258. The molecule has 2 aromatic carbocycles. The summed E-state index contributed by atoms with van der Waals surface area (Å²) in [5, 5.41) is 12.8. The van der Waals surface area contributed by atoms with Gasteiger partial charge in [-0.2, -0.15) is 0 Å². The topological polar surface area (TPSA) is 71.7 Å². The Morgan fingerprint density at radius 3 is 2.52 bits per heavy atom. The molecule has 2 N–H and O–H groups in total. The summed E-state index contributed by atoms with van der Waals surface area (Å²) in [4.78, 5) is 12.4. The average molecular weight is 309 g/mol. The van der Waals surface area contributed by atoms with Crippen molar-refractivity contribution in [1.29, 1.82) is 0 Å². The lowest BCUT2D eigenvalue weighted by Crippen LogP contribution is -2.12. The number of benzene rings is 2. The zero-order valence-electron chi connectivity index (χ0n) is 12.4. The normalized spacial score (nSPS) is 10.3. The van der Waals surface area contributed by atoms with Crippen molar-refractivity contribution < 1.29 is 19.1 Å². The first kappa shape index (κ1) is 14.7. The molecule has 0 saturated carbocycles. The van der Waals surface area contributed by atoms with Gasteiger partial charge in [-0.25, -0.2) is 0 Å². The average Bonchev–Trinajstić information content (AvgIpc) is 3.11. The molecule has 0 aliphatic rings. The van der Waals surface area contributed by atoms with Gasteiger partial charge < -0.3 is 19.6 Å². The molecule has 0 spiro atoms. The van der Waals surface area contributed by atoms with Gasteiger partial charge in [0.05, 0.1) is 24.6 Å². The number of hydrogen-bond donors (Lipinski definition) is 2. The van der Waals surface area contributed by atoms with E-state index in [1.54, 1.807) is 42.5 Å². The zero-order valence-corrected chi connectivity index (χ0v) is 12.4. The number of ether oxygens (including phenoxy) is 1. The van der Waals surface area contributed by atoms with E-state index in [4.69, 9.17) is 9.15 Å². The molecular weight excluding hydrogens is 294 g/mol. The Balaban J connectivity index is 2.04. The third kappa shape index (κ3) is 2.89. The molecule has 1 aromatic heterocycles. The lowest BCUT2D eigenvalue weighted by molar-refractivity contribution is 0.102. The Morgan fingerprint density at radius 2 is 1.87 bits per heavy atom. The minimum Gasteiger partial charge on any atom is -0.504 e. The molecule has 0 fully saturated rings. The number of aromatic hydroxyl groups is 1. The van der Waals surface area contributed by atoms with Gasteiger partial charge in [0.25, 0.3) is 5.91 Å². The molecule has 0 aliphatic carbocycles. The number of carbonyl (C=O) groups is 1. The fourth-order valence-electron chi connectivity index (χ4n) is 2.33. The van der Waals surface area contributed by atoms with Crippen molar-refractivity contribution in [2.24, 2.45) is 0 Å². The molecular formula is C18H15NO4. The third-order valence-electron chi connectivity index (χ3n) is 3.39. The number of furan rings is 1. The van der Waals surface area contributed by atoms with Crippen LogP contribution >= 0.6 is 0 Å². The maximum absolute atomic E-state index is 12.4. The quantitative estimate of drug-likeness (QED) is 0.717. The van der Waals surface area contributed by atoms with Crippen molar-refractivity contribution in [3.8, 4) is 22.8 Å². The summed E-state index contributed by atoms with van der Waals surface area (Å²) >= 11 is 0. The molecule has 1 heterocycles. The minimum absolute atomic E-state index is 0.0309. The van der Waals surface area contributed by atoms with Gasteiger partial charge in [-0.15, -0.1) is 0 Å². The van der Waals surface area contributed by atoms with Crippen LogP contribution in [0.3, 0.4) is 0 Å². The summed E-state index contributed by atoms with van der Waals surface area (Å²) in [7, 11) is 1.45. The Bertz CT molecular complexity index is 811. The monoisotopic (exact) mass is 309 g/mol. The molecule has 0 radical (unpaired) electrons. The first-order valence-electron chi connectivity index (χ1n) is 7.01. The zero-order chi connectivity index (χ0) is 16.2. The Morgan fingerprint density at radius 1 is 1.09 bits per heavy atom. The molecule has 5 heteroatoms. The molecule has 0 saturated heterocycles. The maximum Gasteiger partial charge on any atom is 0.255 e. The highest BCUT2D eigenvalue weighted by atomic mass is 16.5. The number of rotatable bonds is 4. The van der Waals surface area contributed by atoms with Crippen LogP contribution in [-0.4, -0.2) is 18.1 Å². The number of amides is 1. The summed E-state index contributed by atoms with van der Waals surface area (Å²) in [6.45, 7) is 0. The van der Waals surface area contributed by atoms with Gasteiger partial charge >= 0.3 is 0 Å². The van der Waals surface area contributed by atoms with Crippen molar-refractivity contribution >= 4 is 11.6 Å². The number of carbonyl (C=O) groups excluding carboxylic acids is 1. The molecule has 0 bridgehead atoms. The first-order valence-corrected chi connectivity index (χ1v) is 7.01. The lowest BCUT2D eigenvalue weighted by Gasteiger charge is -2.14. The molecule has 23 heavy (non-hydrogen) atoms. The second-order valence-electron chi connectivity index (χ2n) is 4.84. The van der Waals surface area contributed by atoms with Crippen LogP contribution < -0.4 is 10.1 Å². The second kappa shape index (κ2) is 6.27. The first-order chi connectivity index (χ1) is 11.2. The largest absolute Gasteiger partial charge is 0.504 e. The van der Waals surface area contributed by atoms with Gasteiger partial charge in [-0.05, 0) is 36.4 Å². The van der Waals surface area contributed by atoms with E-state index in [2.05, 4.69) is 5.32 Å². The van der Waals surface area contributed by atoms with Gasteiger partial charge in [-0.3, -0.25) is 4.79 Å². The lowest BCUT2D eigenvalue weighted by atomic mass is 10.1. The standard InChI is InChI=1S/C18H15NO4/c1-22-17-14(20)10-9-13(16(17)15-8-5-11-23-15)19-18(21)12-6-3-2-4-7-12/h2-11,20H,1H3,(H,19,21). The van der Waals surface area contributed by atoms with Crippen molar-refractivity contribution in [2.75, 3.05) is 12.4 Å². The third-order valence-corrected chi connectivity index (χ3v) is 3.39. The fraction of sp³-hybridized carbons (Fsp3) is 0.0556. The Hall–Kier alpha value is -3.21. The van der Waals surface area contributed by atoms with Crippen LogP contribution in [0.25, 0.3) is 11.3 Å². The Kier molecular flexibility index (Phi) is 4.01. The predicted molar refractivity (Wildman–Crippen MR) is 86.8 cm³/mol. The number of anilines is 1. The highest BCUT2D eigenvalue weighted by molar-refractivity contribution is 6.06. The van der Waals surface area contributed by atoms with E-state index in [9.17, 15) is 9.90 Å².